The number of rotatable bonds is 3. The van der Waals surface area contributed by atoms with Gasteiger partial charge in [-0.15, -0.1) is 0 Å². The van der Waals surface area contributed by atoms with E-state index in [2.05, 4.69) is 5.32 Å². The van der Waals surface area contributed by atoms with Gasteiger partial charge in [-0.2, -0.15) is 0 Å². The van der Waals surface area contributed by atoms with Crippen LogP contribution < -0.4 is 5.32 Å². The number of nitrogens with one attached hydrogen (secondary N) is 1. The van der Waals surface area contributed by atoms with Crippen LogP contribution in [0.1, 0.15) is 51.4 Å². The van der Waals surface area contributed by atoms with Gasteiger partial charge in [0.05, 0.1) is 6.42 Å². The Morgan fingerprint density at radius 1 is 1.11 bits per heavy atom. The summed E-state index contributed by atoms with van der Waals surface area (Å²) >= 11 is 0. The minimum Gasteiger partial charge on any atom is -0.481 e. The van der Waals surface area contributed by atoms with Crippen LogP contribution in [0.25, 0.3) is 0 Å². The largest absolute Gasteiger partial charge is 0.481 e. The molecular weight excluding hydrogens is 232 g/mol. The predicted molar refractivity (Wildman–Crippen MR) is 67.4 cm³/mol. The van der Waals surface area contributed by atoms with Crippen molar-refractivity contribution < 1.29 is 14.7 Å². The highest BCUT2D eigenvalue weighted by molar-refractivity contribution is 5.76. The van der Waals surface area contributed by atoms with Gasteiger partial charge < -0.3 is 15.3 Å². The molecule has 102 valence electrons. The van der Waals surface area contributed by atoms with Crippen LogP contribution in [0.2, 0.25) is 0 Å². The number of carbonyl (C=O) groups excluding carboxylic acids is 1. The molecule has 1 aliphatic carbocycles. The number of carboxylic acids is 1. The quantitative estimate of drug-likeness (QED) is 0.809. The van der Waals surface area contributed by atoms with E-state index in [9.17, 15) is 9.59 Å². The van der Waals surface area contributed by atoms with E-state index in [4.69, 9.17) is 5.11 Å². The molecule has 0 unspecified atom stereocenters. The maximum absolute atomic E-state index is 12.1. The van der Waals surface area contributed by atoms with Crippen LogP contribution in [0.3, 0.4) is 0 Å². The van der Waals surface area contributed by atoms with Gasteiger partial charge in [0.15, 0.2) is 0 Å². The maximum Gasteiger partial charge on any atom is 0.317 e. The number of urea groups is 1. The van der Waals surface area contributed by atoms with Crippen LogP contribution in [0.15, 0.2) is 0 Å². The monoisotopic (exact) mass is 254 g/mol. The Morgan fingerprint density at radius 3 is 2.44 bits per heavy atom. The summed E-state index contributed by atoms with van der Waals surface area (Å²) in [6.07, 6.45) is 8.09. The zero-order valence-electron chi connectivity index (χ0n) is 10.8. The van der Waals surface area contributed by atoms with Crippen molar-refractivity contribution in [2.45, 2.75) is 56.9 Å². The predicted octanol–water partition coefficient (Wildman–Crippen LogP) is 1.97. The summed E-state index contributed by atoms with van der Waals surface area (Å²) in [5, 5.41) is 11.3. The van der Waals surface area contributed by atoms with Crippen molar-refractivity contribution in [2.75, 3.05) is 13.1 Å². The lowest BCUT2D eigenvalue weighted by Crippen LogP contribution is -2.52. The Hall–Kier alpha value is -1.26. The average molecular weight is 254 g/mol. The molecule has 2 amide bonds. The number of hydrogen-bond acceptors (Lipinski definition) is 2. The molecule has 2 N–H and O–H groups in total. The minimum absolute atomic E-state index is 0.00736. The molecule has 0 aromatic rings. The van der Waals surface area contributed by atoms with Crippen LogP contribution >= 0.6 is 0 Å². The van der Waals surface area contributed by atoms with E-state index in [0.717, 1.165) is 32.2 Å². The summed E-state index contributed by atoms with van der Waals surface area (Å²) in [5.41, 5.74) is 0.0750. The molecular formula is C13H22N2O3. The highest BCUT2D eigenvalue weighted by Gasteiger charge is 2.43. The van der Waals surface area contributed by atoms with Crippen molar-refractivity contribution >= 4 is 12.0 Å². The lowest BCUT2D eigenvalue weighted by atomic mass is 9.80. The Morgan fingerprint density at radius 2 is 1.78 bits per heavy atom. The van der Waals surface area contributed by atoms with Gasteiger partial charge in [0, 0.05) is 18.6 Å². The first-order valence-electron chi connectivity index (χ1n) is 6.91. The summed E-state index contributed by atoms with van der Waals surface area (Å²) < 4.78 is 0. The second-order valence-electron chi connectivity index (χ2n) is 5.42. The highest BCUT2D eigenvalue weighted by Crippen LogP contribution is 2.41. The van der Waals surface area contributed by atoms with Crippen LogP contribution in [0.5, 0.6) is 0 Å². The first-order chi connectivity index (χ1) is 8.64. The molecule has 1 spiro atoms. The van der Waals surface area contributed by atoms with Crippen molar-refractivity contribution in [3.63, 3.8) is 0 Å². The molecule has 18 heavy (non-hydrogen) atoms. The summed E-state index contributed by atoms with van der Waals surface area (Å²) in [6, 6.07) is -0.0735. The summed E-state index contributed by atoms with van der Waals surface area (Å²) in [6.45, 7) is 1.04. The fourth-order valence-electron chi connectivity index (χ4n) is 3.36. The van der Waals surface area contributed by atoms with Gasteiger partial charge in [-0.3, -0.25) is 4.79 Å². The van der Waals surface area contributed by atoms with E-state index in [0.29, 0.717) is 0 Å². The SMILES string of the molecule is O=C(O)CCNC(=O)N1CCCC12CCCCC2. The molecule has 2 fully saturated rings. The zero-order chi connectivity index (χ0) is 13.0. The smallest absolute Gasteiger partial charge is 0.317 e. The maximum atomic E-state index is 12.1. The average Bonchev–Trinajstić information content (AvgIpc) is 2.73. The molecule has 0 aromatic carbocycles. The topological polar surface area (TPSA) is 69.6 Å². The molecule has 5 heteroatoms. The molecule has 0 bridgehead atoms. The fraction of sp³-hybridized carbons (Fsp3) is 0.846. The zero-order valence-corrected chi connectivity index (χ0v) is 10.8. The Labute approximate surface area is 108 Å². The standard InChI is InChI=1S/C13H22N2O3/c16-11(17)5-9-14-12(18)15-10-4-8-13(15)6-2-1-3-7-13/h1-10H2,(H,14,18)(H,16,17). The van der Waals surface area contributed by atoms with E-state index >= 15 is 0 Å². The van der Waals surface area contributed by atoms with Gasteiger partial charge >= 0.3 is 12.0 Å². The number of amides is 2. The molecule has 1 saturated heterocycles. The van der Waals surface area contributed by atoms with Gasteiger partial charge in [-0.05, 0) is 25.7 Å². The van der Waals surface area contributed by atoms with Gasteiger partial charge in [0.25, 0.3) is 0 Å². The van der Waals surface area contributed by atoms with Crippen molar-refractivity contribution in [1.29, 1.82) is 0 Å². The number of carbonyl (C=O) groups is 2. The first kappa shape index (κ1) is 13.2. The van der Waals surface area contributed by atoms with E-state index in [1.165, 1.54) is 19.3 Å². The Balaban J connectivity index is 1.90. The molecule has 1 saturated carbocycles. The van der Waals surface area contributed by atoms with E-state index < -0.39 is 5.97 Å². The molecule has 5 nitrogen and oxygen atoms in total. The number of likely N-dealkylation sites (tertiary alicyclic amines) is 1. The number of aliphatic carboxylic acids is 1. The summed E-state index contributed by atoms with van der Waals surface area (Å²) in [5.74, 6) is -0.871. The van der Waals surface area contributed by atoms with Crippen LogP contribution in [-0.2, 0) is 4.79 Å². The van der Waals surface area contributed by atoms with Crippen molar-refractivity contribution in [2.24, 2.45) is 0 Å². The van der Waals surface area contributed by atoms with E-state index in [1.54, 1.807) is 0 Å². The van der Waals surface area contributed by atoms with Gasteiger partial charge in [0.1, 0.15) is 0 Å². The van der Waals surface area contributed by atoms with Crippen LogP contribution in [-0.4, -0.2) is 40.6 Å². The normalized spacial score (nSPS) is 22.1. The van der Waals surface area contributed by atoms with Gasteiger partial charge in [0.2, 0.25) is 0 Å². The number of hydrogen-bond donors (Lipinski definition) is 2. The molecule has 2 aliphatic rings. The fourth-order valence-corrected chi connectivity index (χ4v) is 3.36. The number of nitrogens with zero attached hydrogens (tertiary/aromatic N) is 1. The lowest BCUT2D eigenvalue weighted by Gasteiger charge is -2.41. The molecule has 0 radical (unpaired) electrons. The second-order valence-corrected chi connectivity index (χ2v) is 5.42. The van der Waals surface area contributed by atoms with E-state index in [1.807, 2.05) is 4.90 Å². The third-order valence-corrected chi connectivity index (χ3v) is 4.24. The lowest BCUT2D eigenvalue weighted by molar-refractivity contribution is -0.136. The Bertz CT molecular complexity index is 324. The van der Waals surface area contributed by atoms with Crippen molar-refractivity contribution in [3.8, 4) is 0 Å². The molecule has 0 atom stereocenters. The van der Waals surface area contributed by atoms with E-state index in [-0.39, 0.29) is 24.5 Å². The first-order valence-corrected chi connectivity index (χ1v) is 6.91. The highest BCUT2D eigenvalue weighted by atomic mass is 16.4. The minimum atomic E-state index is -0.871. The van der Waals surface area contributed by atoms with Gasteiger partial charge in [-0.1, -0.05) is 19.3 Å². The van der Waals surface area contributed by atoms with Crippen molar-refractivity contribution in [3.05, 3.63) is 0 Å². The Kier molecular flexibility index (Phi) is 4.09. The molecule has 1 aliphatic heterocycles. The molecule has 2 rings (SSSR count). The third-order valence-electron chi connectivity index (χ3n) is 4.24. The molecule has 1 heterocycles. The van der Waals surface area contributed by atoms with Crippen LogP contribution in [0.4, 0.5) is 4.79 Å². The second kappa shape index (κ2) is 5.59. The van der Waals surface area contributed by atoms with Crippen LogP contribution in [0, 0.1) is 0 Å². The van der Waals surface area contributed by atoms with Crippen molar-refractivity contribution in [1.82, 2.24) is 10.2 Å². The van der Waals surface area contributed by atoms with Gasteiger partial charge in [-0.25, -0.2) is 4.79 Å². The third kappa shape index (κ3) is 2.76. The summed E-state index contributed by atoms with van der Waals surface area (Å²) in [7, 11) is 0. The number of carboxylic acid groups (broad SMARTS) is 1. The molecule has 0 aromatic heterocycles. The summed E-state index contributed by atoms with van der Waals surface area (Å²) in [4.78, 5) is 24.5.